The average molecular weight is 217 g/mol. The maximum atomic E-state index is 11.6. The van der Waals surface area contributed by atoms with Gasteiger partial charge >= 0.3 is 5.97 Å². The molecule has 1 fully saturated rings. The Morgan fingerprint density at radius 3 is 2.67 bits per heavy atom. The Labute approximate surface area is 86.7 Å². The van der Waals surface area contributed by atoms with Crippen LogP contribution in [0.1, 0.15) is 12.8 Å². The minimum Gasteiger partial charge on any atom is -0.479 e. The summed E-state index contributed by atoms with van der Waals surface area (Å²) < 4.78 is 0. The monoisotopic (exact) mass is 217 g/mol. The predicted octanol–water partition coefficient (Wildman–Crippen LogP) is -2.02. The van der Waals surface area contributed by atoms with Gasteiger partial charge in [0, 0.05) is 19.5 Å². The number of hydrogen-bond acceptors (Lipinski definition) is 6. The summed E-state index contributed by atoms with van der Waals surface area (Å²) >= 11 is 0. The van der Waals surface area contributed by atoms with Gasteiger partial charge in [-0.1, -0.05) is 0 Å². The number of nitrogens with one attached hydrogen (secondary N) is 1. The molecule has 6 N–H and O–H groups in total. The van der Waals surface area contributed by atoms with Gasteiger partial charge in [-0.3, -0.25) is 9.63 Å². The molecule has 0 unspecified atom stereocenters. The van der Waals surface area contributed by atoms with Crippen LogP contribution in [-0.4, -0.2) is 41.6 Å². The molecule has 15 heavy (non-hydrogen) atoms. The molecule has 7 nitrogen and oxygen atoms in total. The van der Waals surface area contributed by atoms with E-state index in [0.29, 0.717) is 13.0 Å². The molecule has 1 aliphatic rings. The van der Waals surface area contributed by atoms with Gasteiger partial charge in [0.1, 0.15) is 0 Å². The van der Waals surface area contributed by atoms with Gasteiger partial charge < -0.3 is 16.6 Å². The summed E-state index contributed by atoms with van der Waals surface area (Å²) in [5.74, 6) is -2.01. The summed E-state index contributed by atoms with van der Waals surface area (Å²) in [5, 5.41) is 8.79. The van der Waals surface area contributed by atoms with Crippen LogP contribution in [0.2, 0.25) is 0 Å². The third-order valence-electron chi connectivity index (χ3n) is 2.43. The van der Waals surface area contributed by atoms with Gasteiger partial charge in [-0.15, -0.1) is 0 Å². The number of hydrogen-bond donors (Lipinski definition) is 4. The zero-order chi connectivity index (χ0) is 11.5. The van der Waals surface area contributed by atoms with E-state index >= 15 is 0 Å². The number of carboxylic acid groups (broad SMARTS) is 1. The van der Waals surface area contributed by atoms with E-state index in [-0.39, 0.29) is 12.5 Å². The number of carbonyl (C=O) groups is 2. The lowest BCUT2D eigenvalue weighted by molar-refractivity contribution is -0.148. The van der Waals surface area contributed by atoms with Crippen LogP contribution in [-0.2, 0) is 14.4 Å². The molecule has 0 aromatic carbocycles. The fourth-order valence-electron chi connectivity index (χ4n) is 1.31. The van der Waals surface area contributed by atoms with Crippen molar-refractivity contribution < 1.29 is 19.5 Å². The van der Waals surface area contributed by atoms with Crippen molar-refractivity contribution in [2.75, 3.05) is 13.1 Å². The number of hydroxylamine groups is 1. The zero-order valence-corrected chi connectivity index (χ0v) is 8.23. The lowest BCUT2D eigenvalue weighted by Crippen LogP contribution is -2.60. The quantitative estimate of drug-likeness (QED) is 0.391. The highest BCUT2D eigenvalue weighted by molar-refractivity contribution is 6.08. The Hall–Kier alpha value is -1.02. The molecular weight excluding hydrogens is 202 g/mol. The topological polar surface area (TPSA) is 128 Å². The second-order valence-electron chi connectivity index (χ2n) is 3.53. The largest absolute Gasteiger partial charge is 0.479 e. The summed E-state index contributed by atoms with van der Waals surface area (Å²) in [6.07, 6.45) is 0.310. The Morgan fingerprint density at radius 2 is 2.27 bits per heavy atom. The lowest BCUT2D eigenvalue weighted by Gasteiger charge is -2.22. The van der Waals surface area contributed by atoms with Crippen LogP contribution in [0, 0.1) is 0 Å². The minimum absolute atomic E-state index is 0.0347. The predicted molar refractivity (Wildman–Crippen MR) is 50.7 cm³/mol. The molecule has 0 spiro atoms. The zero-order valence-electron chi connectivity index (χ0n) is 8.23. The highest BCUT2D eigenvalue weighted by Gasteiger charge is 2.41. The molecule has 2 atom stereocenters. The van der Waals surface area contributed by atoms with Gasteiger partial charge in [-0.05, 0) is 6.42 Å². The molecule has 1 aliphatic heterocycles. The molecule has 0 radical (unpaired) electrons. The number of rotatable bonds is 5. The second kappa shape index (κ2) is 4.67. The van der Waals surface area contributed by atoms with Crippen molar-refractivity contribution >= 4 is 11.8 Å². The fourth-order valence-corrected chi connectivity index (χ4v) is 1.31. The van der Waals surface area contributed by atoms with Crippen molar-refractivity contribution in [2.24, 2.45) is 11.5 Å². The van der Waals surface area contributed by atoms with Gasteiger partial charge in [0.25, 0.3) is 0 Å². The molecule has 0 saturated carbocycles. The maximum absolute atomic E-state index is 11.6. The van der Waals surface area contributed by atoms with E-state index in [1.807, 2.05) is 0 Å². The summed E-state index contributed by atoms with van der Waals surface area (Å²) in [6, 6.07) is 0. The maximum Gasteiger partial charge on any atom is 0.332 e. The van der Waals surface area contributed by atoms with Crippen molar-refractivity contribution in [1.82, 2.24) is 5.48 Å². The first kappa shape index (κ1) is 12.1. The van der Waals surface area contributed by atoms with E-state index in [9.17, 15) is 9.59 Å². The number of Topliss-reactive ketones (excluding diaryl/α,β-unsaturated/α-hetero) is 1. The molecule has 1 rings (SSSR count). The van der Waals surface area contributed by atoms with E-state index in [2.05, 4.69) is 5.48 Å². The molecule has 0 aromatic rings. The molecule has 86 valence electrons. The Balaban J connectivity index is 2.60. The van der Waals surface area contributed by atoms with Gasteiger partial charge in [-0.25, -0.2) is 10.3 Å². The first-order valence-electron chi connectivity index (χ1n) is 4.65. The van der Waals surface area contributed by atoms with Gasteiger partial charge in [0.2, 0.25) is 0 Å². The van der Waals surface area contributed by atoms with Crippen LogP contribution in [0.4, 0.5) is 0 Å². The molecule has 7 heteroatoms. The van der Waals surface area contributed by atoms with Crippen LogP contribution in [0.3, 0.4) is 0 Å². The fraction of sp³-hybridized carbons (Fsp3) is 0.750. The van der Waals surface area contributed by atoms with Crippen LogP contribution < -0.4 is 16.9 Å². The Morgan fingerprint density at radius 1 is 1.60 bits per heavy atom. The third-order valence-corrected chi connectivity index (χ3v) is 2.43. The number of carbonyl (C=O) groups excluding carboxylic acids is 1. The van der Waals surface area contributed by atoms with Gasteiger partial charge in [-0.2, -0.15) is 0 Å². The van der Waals surface area contributed by atoms with Crippen molar-refractivity contribution in [3.05, 3.63) is 0 Å². The molecular formula is C8H15N3O4. The first-order valence-corrected chi connectivity index (χ1v) is 4.65. The van der Waals surface area contributed by atoms with E-state index in [0.717, 1.165) is 0 Å². The first-order chi connectivity index (χ1) is 7.00. The van der Waals surface area contributed by atoms with Crippen LogP contribution in [0.25, 0.3) is 0 Å². The molecule has 0 aliphatic carbocycles. The summed E-state index contributed by atoms with van der Waals surface area (Å²) in [4.78, 5) is 27.4. The summed E-state index contributed by atoms with van der Waals surface area (Å²) in [6.45, 7) is 0.229. The van der Waals surface area contributed by atoms with Crippen molar-refractivity contribution in [3.63, 3.8) is 0 Å². The second-order valence-corrected chi connectivity index (χ2v) is 3.53. The van der Waals surface area contributed by atoms with Crippen LogP contribution in [0.5, 0.6) is 0 Å². The Kier molecular flexibility index (Phi) is 3.75. The molecule has 1 saturated heterocycles. The SMILES string of the molecule is NC[C@@](N)(C(=O)O)C(=O)C[C@H]1CCNO1. The van der Waals surface area contributed by atoms with Crippen molar-refractivity contribution in [1.29, 1.82) is 0 Å². The highest BCUT2D eigenvalue weighted by atomic mass is 16.7. The van der Waals surface area contributed by atoms with E-state index in [4.69, 9.17) is 21.4 Å². The van der Waals surface area contributed by atoms with Gasteiger partial charge in [0.05, 0.1) is 6.10 Å². The molecule has 0 aromatic heterocycles. The number of aliphatic carboxylic acids is 1. The van der Waals surface area contributed by atoms with Crippen LogP contribution >= 0.6 is 0 Å². The normalized spacial score (nSPS) is 24.8. The van der Waals surface area contributed by atoms with Gasteiger partial charge in [0.15, 0.2) is 11.3 Å². The number of carboxylic acids is 1. The summed E-state index contributed by atoms with van der Waals surface area (Å²) in [7, 11) is 0. The minimum atomic E-state index is -1.99. The van der Waals surface area contributed by atoms with Crippen molar-refractivity contribution in [3.8, 4) is 0 Å². The van der Waals surface area contributed by atoms with Crippen molar-refractivity contribution in [2.45, 2.75) is 24.5 Å². The molecule has 0 bridgehead atoms. The third kappa shape index (κ3) is 2.51. The highest BCUT2D eigenvalue weighted by Crippen LogP contribution is 2.13. The summed E-state index contributed by atoms with van der Waals surface area (Å²) in [5.41, 5.74) is 11.2. The van der Waals surface area contributed by atoms with E-state index in [1.54, 1.807) is 0 Å². The van der Waals surface area contributed by atoms with E-state index < -0.39 is 23.8 Å². The lowest BCUT2D eigenvalue weighted by atomic mass is 9.91. The smallest absolute Gasteiger partial charge is 0.332 e. The Bertz CT molecular complexity index is 265. The number of nitrogens with two attached hydrogens (primary N) is 2. The van der Waals surface area contributed by atoms with E-state index in [1.165, 1.54) is 0 Å². The number of ketones is 1. The molecule has 1 heterocycles. The average Bonchev–Trinajstić information content (AvgIpc) is 2.68. The standard InChI is InChI=1S/C8H15N3O4/c9-4-8(10,7(13)14)6(12)3-5-1-2-11-15-5/h5,11H,1-4,9-10H2,(H,13,14)/t5-,8+/m1/s1. The molecule has 0 amide bonds. The van der Waals surface area contributed by atoms with Crippen LogP contribution in [0.15, 0.2) is 0 Å².